The lowest BCUT2D eigenvalue weighted by atomic mass is 9.96. The second-order valence-corrected chi connectivity index (χ2v) is 6.57. The molecule has 0 bridgehead atoms. The third kappa shape index (κ3) is 3.44. The third-order valence-corrected chi connectivity index (χ3v) is 4.86. The molecule has 2 amide bonds. The SMILES string of the molecule is CSCCCCN1CCC(=O)NC2(CCCC2)C1=O. The molecule has 2 rings (SSSR count). The second kappa shape index (κ2) is 6.64. The van der Waals surface area contributed by atoms with Crippen molar-refractivity contribution in [2.75, 3.05) is 25.1 Å². The summed E-state index contributed by atoms with van der Waals surface area (Å²) in [5.41, 5.74) is -0.562. The molecule has 108 valence electrons. The van der Waals surface area contributed by atoms with E-state index in [1.807, 2.05) is 16.7 Å². The molecule has 0 aromatic rings. The number of hydrogen-bond acceptors (Lipinski definition) is 3. The van der Waals surface area contributed by atoms with Crippen molar-refractivity contribution in [3.8, 4) is 0 Å². The number of carbonyl (C=O) groups is 2. The summed E-state index contributed by atoms with van der Waals surface area (Å²) in [6, 6.07) is 0. The number of thioether (sulfide) groups is 1. The first-order valence-electron chi connectivity index (χ1n) is 7.27. The van der Waals surface area contributed by atoms with E-state index in [0.29, 0.717) is 13.0 Å². The van der Waals surface area contributed by atoms with Crippen LogP contribution < -0.4 is 5.32 Å². The molecule has 2 fully saturated rings. The van der Waals surface area contributed by atoms with Gasteiger partial charge >= 0.3 is 0 Å². The summed E-state index contributed by atoms with van der Waals surface area (Å²) in [6.07, 6.45) is 8.47. The molecule has 0 aromatic carbocycles. The van der Waals surface area contributed by atoms with Gasteiger partial charge in [-0.15, -0.1) is 0 Å². The molecule has 1 aliphatic carbocycles. The average Bonchev–Trinajstić information content (AvgIpc) is 2.82. The first-order chi connectivity index (χ1) is 9.18. The Bertz CT molecular complexity index is 340. The summed E-state index contributed by atoms with van der Waals surface area (Å²) in [4.78, 5) is 26.4. The van der Waals surface area contributed by atoms with Crippen LogP contribution in [0.15, 0.2) is 0 Å². The topological polar surface area (TPSA) is 49.4 Å². The van der Waals surface area contributed by atoms with Crippen molar-refractivity contribution in [3.63, 3.8) is 0 Å². The van der Waals surface area contributed by atoms with E-state index in [4.69, 9.17) is 0 Å². The highest BCUT2D eigenvalue weighted by Crippen LogP contribution is 2.33. The van der Waals surface area contributed by atoms with Crippen LogP contribution in [-0.4, -0.2) is 47.4 Å². The second-order valence-electron chi connectivity index (χ2n) is 5.58. The minimum atomic E-state index is -0.562. The van der Waals surface area contributed by atoms with E-state index in [1.54, 1.807) is 0 Å². The van der Waals surface area contributed by atoms with E-state index < -0.39 is 5.54 Å². The molecule has 2 aliphatic rings. The number of nitrogens with one attached hydrogen (secondary N) is 1. The van der Waals surface area contributed by atoms with Crippen molar-refractivity contribution in [1.29, 1.82) is 0 Å². The average molecular weight is 284 g/mol. The van der Waals surface area contributed by atoms with Gasteiger partial charge in [-0.25, -0.2) is 0 Å². The van der Waals surface area contributed by atoms with Crippen molar-refractivity contribution in [2.24, 2.45) is 0 Å². The maximum atomic E-state index is 12.7. The molecule has 5 heteroatoms. The van der Waals surface area contributed by atoms with Crippen LogP contribution in [0.4, 0.5) is 0 Å². The standard InChI is InChI=1S/C14H24N2O2S/c1-19-11-5-4-9-16-10-6-12(17)15-14(13(16)18)7-2-3-8-14/h2-11H2,1H3,(H,15,17). The van der Waals surface area contributed by atoms with Gasteiger partial charge in [0.1, 0.15) is 5.54 Å². The molecule has 0 unspecified atom stereocenters. The van der Waals surface area contributed by atoms with Crippen molar-refractivity contribution < 1.29 is 9.59 Å². The van der Waals surface area contributed by atoms with Crippen LogP contribution >= 0.6 is 11.8 Å². The summed E-state index contributed by atoms with van der Waals surface area (Å²) in [5.74, 6) is 1.35. The highest BCUT2D eigenvalue weighted by molar-refractivity contribution is 7.98. The van der Waals surface area contributed by atoms with Gasteiger partial charge in [-0.3, -0.25) is 9.59 Å². The van der Waals surface area contributed by atoms with E-state index in [2.05, 4.69) is 11.6 Å². The van der Waals surface area contributed by atoms with Gasteiger partial charge in [0.05, 0.1) is 0 Å². The molecule has 0 aromatic heterocycles. The normalized spacial score (nSPS) is 22.7. The Balaban J connectivity index is 1.98. The smallest absolute Gasteiger partial charge is 0.248 e. The van der Waals surface area contributed by atoms with Gasteiger partial charge in [0.2, 0.25) is 11.8 Å². The molecule has 4 nitrogen and oxygen atoms in total. The van der Waals surface area contributed by atoms with E-state index >= 15 is 0 Å². The number of rotatable bonds is 5. The lowest BCUT2D eigenvalue weighted by Crippen LogP contribution is -2.55. The fraction of sp³-hybridized carbons (Fsp3) is 0.857. The summed E-state index contributed by atoms with van der Waals surface area (Å²) in [7, 11) is 0. The molecule has 0 atom stereocenters. The Morgan fingerprint density at radius 3 is 2.68 bits per heavy atom. The fourth-order valence-electron chi connectivity index (χ4n) is 3.10. The third-order valence-electron chi connectivity index (χ3n) is 4.17. The zero-order valence-electron chi connectivity index (χ0n) is 11.7. The molecule has 1 N–H and O–H groups in total. The maximum absolute atomic E-state index is 12.7. The Morgan fingerprint density at radius 1 is 1.26 bits per heavy atom. The number of unbranched alkanes of at least 4 members (excludes halogenated alkanes) is 1. The highest BCUT2D eigenvalue weighted by atomic mass is 32.2. The van der Waals surface area contributed by atoms with Crippen LogP contribution in [-0.2, 0) is 9.59 Å². The molecule has 1 aliphatic heterocycles. The number of amides is 2. The summed E-state index contributed by atoms with van der Waals surface area (Å²) in [5, 5.41) is 3.00. The first-order valence-corrected chi connectivity index (χ1v) is 8.67. The quantitative estimate of drug-likeness (QED) is 0.783. The van der Waals surface area contributed by atoms with Gasteiger partial charge < -0.3 is 10.2 Å². The number of hydrogen-bond donors (Lipinski definition) is 1. The monoisotopic (exact) mass is 284 g/mol. The number of nitrogens with zero attached hydrogens (tertiary/aromatic N) is 1. The number of carbonyl (C=O) groups excluding carboxylic acids is 2. The molecule has 1 saturated carbocycles. The molecule has 1 heterocycles. The van der Waals surface area contributed by atoms with Crippen molar-refractivity contribution >= 4 is 23.6 Å². The van der Waals surface area contributed by atoms with Gasteiger partial charge in [0.25, 0.3) is 0 Å². The van der Waals surface area contributed by atoms with E-state index in [0.717, 1.165) is 50.8 Å². The van der Waals surface area contributed by atoms with Gasteiger partial charge in [-0.1, -0.05) is 12.8 Å². The van der Waals surface area contributed by atoms with Crippen molar-refractivity contribution in [3.05, 3.63) is 0 Å². The van der Waals surface area contributed by atoms with Crippen LogP contribution in [0.2, 0.25) is 0 Å². The van der Waals surface area contributed by atoms with Crippen LogP contribution in [0.25, 0.3) is 0 Å². The van der Waals surface area contributed by atoms with Crippen molar-refractivity contribution in [2.45, 2.75) is 50.5 Å². The predicted octanol–water partition coefficient (Wildman–Crippen LogP) is 1.79. The molecule has 1 saturated heterocycles. The van der Waals surface area contributed by atoms with Crippen LogP contribution in [0.1, 0.15) is 44.9 Å². The van der Waals surface area contributed by atoms with E-state index in [1.165, 1.54) is 0 Å². The lowest BCUT2D eigenvalue weighted by molar-refractivity contribution is -0.138. The first kappa shape index (κ1) is 14.7. The minimum Gasteiger partial charge on any atom is -0.342 e. The largest absolute Gasteiger partial charge is 0.342 e. The predicted molar refractivity (Wildman–Crippen MR) is 78.2 cm³/mol. The van der Waals surface area contributed by atoms with Gasteiger partial charge in [0.15, 0.2) is 0 Å². The van der Waals surface area contributed by atoms with E-state index in [9.17, 15) is 9.59 Å². The van der Waals surface area contributed by atoms with Gasteiger partial charge in [0, 0.05) is 19.5 Å². The lowest BCUT2D eigenvalue weighted by Gasteiger charge is -2.31. The van der Waals surface area contributed by atoms with E-state index in [-0.39, 0.29) is 11.8 Å². The highest BCUT2D eigenvalue weighted by Gasteiger charge is 2.46. The van der Waals surface area contributed by atoms with Crippen molar-refractivity contribution in [1.82, 2.24) is 10.2 Å². The van der Waals surface area contributed by atoms with Crippen LogP contribution in [0, 0.1) is 0 Å². The zero-order valence-corrected chi connectivity index (χ0v) is 12.6. The minimum absolute atomic E-state index is 0.0434. The maximum Gasteiger partial charge on any atom is 0.248 e. The fourth-order valence-corrected chi connectivity index (χ4v) is 3.60. The van der Waals surface area contributed by atoms with Crippen LogP contribution in [0.3, 0.4) is 0 Å². The molecule has 19 heavy (non-hydrogen) atoms. The Labute approximate surface area is 119 Å². The summed E-state index contributed by atoms with van der Waals surface area (Å²) >= 11 is 1.84. The molecule has 0 radical (unpaired) electrons. The molecule has 1 spiro atoms. The Morgan fingerprint density at radius 2 is 2.00 bits per heavy atom. The summed E-state index contributed by atoms with van der Waals surface area (Å²) < 4.78 is 0. The zero-order chi connectivity index (χ0) is 13.7. The molecular weight excluding hydrogens is 260 g/mol. The molecular formula is C14H24N2O2S. The van der Waals surface area contributed by atoms with Gasteiger partial charge in [-0.2, -0.15) is 11.8 Å². The Kier molecular flexibility index (Phi) is 5.13. The summed E-state index contributed by atoms with van der Waals surface area (Å²) in [6.45, 7) is 1.39. The van der Waals surface area contributed by atoms with Gasteiger partial charge in [-0.05, 0) is 37.7 Å². The van der Waals surface area contributed by atoms with Crippen LogP contribution in [0.5, 0.6) is 0 Å². The Hall–Kier alpha value is -0.710.